The second kappa shape index (κ2) is 9.16. The van der Waals surface area contributed by atoms with E-state index in [0.717, 1.165) is 52.1 Å². The van der Waals surface area contributed by atoms with Crippen molar-refractivity contribution in [3.63, 3.8) is 0 Å². The molecule has 1 amide bonds. The van der Waals surface area contributed by atoms with Gasteiger partial charge in [-0.1, -0.05) is 0 Å². The Morgan fingerprint density at radius 1 is 1.10 bits per heavy atom. The Labute approximate surface area is 140 Å². The highest BCUT2D eigenvalue weighted by atomic mass is 35.5. The first-order chi connectivity index (χ1) is 9.09. The van der Waals surface area contributed by atoms with Crippen LogP contribution < -0.4 is 5.32 Å². The van der Waals surface area contributed by atoms with E-state index in [1.54, 1.807) is 7.11 Å². The van der Waals surface area contributed by atoms with E-state index in [-0.39, 0.29) is 30.7 Å². The van der Waals surface area contributed by atoms with E-state index >= 15 is 0 Å². The van der Waals surface area contributed by atoms with E-state index in [4.69, 9.17) is 4.74 Å². The topological polar surface area (TPSA) is 44.8 Å². The number of halogens is 2. The third kappa shape index (κ3) is 4.70. The maximum Gasteiger partial charge on any atom is 0.254 e. The molecule has 2 aliphatic heterocycles. The number of hydrogen-bond donors (Lipinski definition) is 1. The predicted molar refractivity (Wildman–Crippen MR) is 89.6 cm³/mol. The first-order valence-electron chi connectivity index (χ1n) is 7.38. The molecule has 0 bridgehead atoms. The van der Waals surface area contributed by atoms with Crippen LogP contribution in [0.15, 0.2) is 0 Å². The Bertz CT molecular complexity index is 315. The third-order valence-corrected chi connectivity index (χ3v) is 4.52. The fourth-order valence-electron chi connectivity index (χ4n) is 3.07. The van der Waals surface area contributed by atoms with Gasteiger partial charge in [-0.2, -0.15) is 0 Å². The highest BCUT2D eigenvalue weighted by Crippen LogP contribution is 2.25. The van der Waals surface area contributed by atoms with E-state index < -0.39 is 5.60 Å². The van der Waals surface area contributed by atoms with Gasteiger partial charge >= 0.3 is 0 Å². The van der Waals surface area contributed by atoms with Crippen molar-refractivity contribution >= 4 is 30.7 Å². The standard InChI is InChI=1S/C14H27N3O2.2ClH/c1-12(2)16-8-10-17(11-9-16)13(18)14(19-3)4-6-15-7-5-14;;/h12,15H,4-11H2,1-3H3;2*1H. The van der Waals surface area contributed by atoms with E-state index in [2.05, 4.69) is 24.1 Å². The summed E-state index contributed by atoms with van der Waals surface area (Å²) in [6.45, 7) is 9.76. The number of hydrogen-bond acceptors (Lipinski definition) is 4. The quantitative estimate of drug-likeness (QED) is 0.836. The van der Waals surface area contributed by atoms with Gasteiger partial charge in [-0.3, -0.25) is 9.69 Å². The Balaban J connectivity index is 0.00000200. The van der Waals surface area contributed by atoms with Crippen LogP contribution in [0.25, 0.3) is 0 Å². The van der Waals surface area contributed by atoms with Crippen LogP contribution in [0.4, 0.5) is 0 Å². The molecule has 0 atom stereocenters. The lowest BCUT2D eigenvalue weighted by atomic mass is 9.90. The molecule has 2 rings (SSSR count). The summed E-state index contributed by atoms with van der Waals surface area (Å²) in [5, 5.41) is 3.29. The monoisotopic (exact) mass is 341 g/mol. The average molecular weight is 342 g/mol. The highest BCUT2D eigenvalue weighted by Gasteiger charge is 2.42. The molecule has 7 heteroatoms. The zero-order chi connectivity index (χ0) is 13.9. The molecule has 0 spiro atoms. The molecule has 2 fully saturated rings. The van der Waals surface area contributed by atoms with Crippen LogP contribution in [0.2, 0.25) is 0 Å². The van der Waals surface area contributed by atoms with E-state index in [9.17, 15) is 4.79 Å². The Hall–Kier alpha value is -0.0700. The summed E-state index contributed by atoms with van der Waals surface area (Å²) in [7, 11) is 1.67. The molecule has 0 saturated carbocycles. The lowest BCUT2D eigenvalue weighted by molar-refractivity contribution is -0.160. The molecule has 2 saturated heterocycles. The van der Waals surface area contributed by atoms with Crippen LogP contribution in [-0.2, 0) is 9.53 Å². The molecular weight excluding hydrogens is 313 g/mol. The van der Waals surface area contributed by atoms with Crippen LogP contribution in [0, 0.1) is 0 Å². The van der Waals surface area contributed by atoms with Gasteiger partial charge in [0.15, 0.2) is 0 Å². The molecule has 0 aromatic carbocycles. The van der Waals surface area contributed by atoms with Crippen LogP contribution >= 0.6 is 24.8 Å². The number of rotatable bonds is 3. The first-order valence-corrected chi connectivity index (χ1v) is 7.38. The van der Waals surface area contributed by atoms with Gasteiger partial charge in [-0.15, -0.1) is 24.8 Å². The number of amides is 1. The first kappa shape index (κ1) is 20.9. The SMILES string of the molecule is COC1(C(=O)N2CCN(C(C)C)CC2)CCNCC1.Cl.Cl. The zero-order valence-corrected chi connectivity index (χ0v) is 14.9. The van der Waals surface area contributed by atoms with Crippen molar-refractivity contribution < 1.29 is 9.53 Å². The van der Waals surface area contributed by atoms with Gasteiger partial charge in [0.1, 0.15) is 5.60 Å². The number of piperazine rings is 1. The largest absolute Gasteiger partial charge is 0.368 e. The molecule has 126 valence electrons. The van der Waals surface area contributed by atoms with Gasteiger partial charge in [0.25, 0.3) is 5.91 Å². The molecule has 0 aromatic rings. The number of ether oxygens (including phenoxy) is 1. The number of carbonyl (C=O) groups excluding carboxylic acids is 1. The van der Waals surface area contributed by atoms with Crippen molar-refractivity contribution in [2.24, 2.45) is 0 Å². The molecular formula is C14H29Cl2N3O2. The maximum absolute atomic E-state index is 12.7. The number of carbonyl (C=O) groups is 1. The fraction of sp³-hybridized carbons (Fsp3) is 0.929. The van der Waals surface area contributed by atoms with Crippen molar-refractivity contribution in [2.45, 2.75) is 38.3 Å². The van der Waals surface area contributed by atoms with Crippen LogP contribution in [0.1, 0.15) is 26.7 Å². The normalized spacial score (nSPS) is 22.4. The summed E-state index contributed by atoms with van der Waals surface area (Å²) in [4.78, 5) is 17.2. The summed E-state index contributed by atoms with van der Waals surface area (Å²) in [5.41, 5.74) is -0.578. The third-order valence-electron chi connectivity index (χ3n) is 4.52. The van der Waals surface area contributed by atoms with Crippen molar-refractivity contribution in [1.82, 2.24) is 15.1 Å². The summed E-state index contributed by atoms with van der Waals surface area (Å²) in [5.74, 6) is 0.194. The zero-order valence-electron chi connectivity index (χ0n) is 13.3. The predicted octanol–water partition coefficient (Wildman–Crippen LogP) is 1.15. The van der Waals surface area contributed by atoms with E-state index in [1.807, 2.05) is 4.90 Å². The van der Waals surface area contributed by atoms with Crippen molar-refractivity contribution in [3.05, 3.63) is 0 Å². The summed E-state index contributed by atoms with van der Waals surface area (Å²) in [6, 6.07) is 0.563. The van der Waals surface area contributed by atoms with Gasteiger partial charge in [-0.05, 0) is 39.8 Å². The molecule has 5 nitrogen and oxygen atoms in total. The van der Waals surface area contributed by atoms with Gasteiger partial charge in [0.05, 0.1) is 0 Å². The lowest BCUT2D eigenvalue weighted by Crippen LogP contribution is -2.59. The number of nitrogens with zero attached hydrogens (tertiary/aromatic N) is 2. The molecule has 1 N–H and O–H groups in total. The maximum atomic E-state index is 12.7. The van der Waals surface area contributed by atoms with Gasteiger partial charge < -0.3 is 15.0 Å². The molecule has 0 unspecified atom stereocenters. The van der Waals surface area contributed by atoms with Crippen molar-refractivity contribution in [2.75, 3.05) is 46.4 Å². The van der Waals surface area contributed by atoms with Crippen LogP contribution in [0.3, 0.4) is 0 Å². The van der Waals surface area contributed by atoms with E-state index in [0.29, 0.717) is 6.04 Å². The number of nitrogens with one attached hydrogen (secondary N) is 1. The average Bonchev–Trinajstić information content (AvgIpc) is 2.47. The van der Waals surface area contributed by atoms with Crippen LogP contribution in [-0.4, -0.2) is 73.7 Å². The van der Waals surface area contributed by atoms with Gasteiger partial charge in [-0.25, -0.2) is 0 Å². The minimum absolute atomic E-state index is 0. The minimum Gasteiger partial charge on any atom is -0.368 e. The Kier molecular flexibility index (Phi) is 9.12. The lowest BCUT2D eigenvalue weighted by Gasteiger charge is -2.43. The summed E-state index contributed by atoms with van der Waals surface area (Å²) >= 11 is 0. The van der Waals surface area contributed by atoms with Gasteiger partial charge in [0, 0.05) is 39.3 Å². The fourth-order valence-corrected chi connectivity index (χ4v) is 3.07. The summed E-state index contributed by atoms with van der Waals surface area (Å²) < 4.78 is 5.62. The Morgan fingerprint density at radius 3 is 2.05 bits per heavy atom. The summed E-state index contributed by atoms with van der Waals surface area (Å²) in [6.07, 6.45) is 1.57. The molecule has 2 aliphatic rings. The molecule has 0 aliphatic carbocycles. The van der Waals surface area contributed by atoms with Gasteiger partial charge in [0.2, 0.25) is 0 Å². The minimum atomic E-state index is -0.578. The van der Waals surface area contributed by atoms with E-state index in [1.165, 1.54) is 0 Å². The number of piperidine rings is 1. The number of methoxy groups -OCH3 is 1. The molecule has 0 radical (unpaired) electrons. The molecule has 2 heterocycles. The molecule has 0 aromatic heterocycles. The Morgan fingerprint density at radius 2 is 1.62 bits per heavy atom. The highest BCUT2D eigenvalue weighted by molar-refractivity contribution is 5.86. The smallest absolute Gasteiger partial charge is 0.254 e. The van der Waals surface area contributed by atoms with Crippen molar-refractivity contribution in [1.29, 1.82) is 0 Å². The van der Waals surface area contributed by atoms with Crippen molar-refractivity contribution in [3.8, 4) is 0 Å². The van der Waals surface area contributed by atoms with Crippen LogP contribution in [0.5, 0.6) is 0 Å². The second-order valence-corrected chi connectivity index (χ2v) is 5.87. The molecule has 21 heavy (non-hydrogen) atoms. The second-order valence-electron chi connectivity index (χ2n) is 5.87.